The lowest BCUT2D eigenvalue weighted by Crippen LogP contribution is -2.55. The number of rotatable bonds is 5. The minimum Gasteiger partial charge on any atom is -0.369 e. The van der Waals surface area contributed by atoms with Crippen molar-refractivity contribution in [3.8, 4) is 0 Å². The molecule has 2 aliphatic heterocycles. The molecule has 6 heteroatoms. The number of carbonyl (C=O) groups excluding carboxylic acids is 1. The van der Waals surface area contributed by atoms with E-state index in [-0.39, 0.29) is 5.91 Å². The van der Waals surface area contributed by atoms with Crippen molar-refractivity contribution in [1.29, 1.82) is 0 Å². The van der Waals surface area contributed by atoms with E-state index in [9.17, 15) is 4.79 Å². The van der Waals surface area contributed by atoms with Crippen LogP contribution in [0.2, 0.25) is 0 Å². The van der Waals surface area contributed by atoms with Gasteiger partial charge in [0, 0.05) is 63.8 Å². The van der Waals surface area contributed by atoms with Crippen molar-refractivity contribution in [2.45, 2.75) is 31.7 Å². The third kappa shape index (κ3) is 4.75. The predicted molar refractivity (Wildman–Crippen MR) is 128 cm³/mol. The van der Waals surface area contributed by atoms with Crippen LogP contribution in [0.4, 0.5) is 5.69 Å². The minimum atomic E-state index is 0.284. The number of hydrogen-bond donors (Lipinski definition) is 0. The number of anilines is 1. The maximum absolute atomic E-state index is 12.9. The first kappa shape index (κ1) is 20.5. The third-order valence-corrected chi connectivity index (χ3v) is 7.69. The highest BCUT2D eigenvalue weighted by Gasteiger charge is 2.30. The molecule has 0 bridgehead atoms. The Balaban J connectivity index is 1.12. The lowest BCUT2D eigenvalue weighted by Gasteiger charge is -2.44. The molecule has 5 rings (SSSR count). The van der Waals surface area contributed by atoms with Crippen LogP contribution in [0.25, 0.3) is 10.2 Å². The van der Waals surface area contributed by atoms with E-state index in [1.165, 1.54) is 16.8 Å². The van der Waals surface area contributed by atoms with Crippen molar-refractivity contribution in [3.05, 3.63) is 59.6 Å². The van der Waals surface area contributed by atoms with E-state index < -0.39 is 0 Å². The number of likely N-dealkylation sites (tertiary alicyclic amines) is 1. The molecular weight excluding hydrogens is 404 g/mol. The number of piperidine rings is 1. The summed E-state index contributed by atoms with van der Waals surface area (Å²) >= 11 is 1.71. The van der Waals surface area contributed by atoms with Gasteiger partial charge in [-0.2, -0.15) is 0 Å². The Morgan fingerprint density at radius 3 is 2.55 bits per heavy atom. The fourth-order valence-electron chi connectivity index (χ4n) is 4.86. The number of amides is 1. The van der Waals surface area contributed by atoms with Gasteiger partial charge in [0.1, 0.15) is 0 Å². The Morgan fingerprint density at radius 1 is 0.968 bits per heavy atom. The van der Waals surface area contributed by atoms with Crippen LogP contribution >= 0.6 is 11.3 Å². The molecule has 0 radical (unpaired) electrons. The number of benzene rings is 2. The van der Waals surface area contributed by atoms with E-state index in [2.05, 4.69) is 56.1 Å². The molecule has 1 aromatic heterocycles. The van der Waals surface area contributed by atoms with Gasteiger partial charge in [-0.3, -0.25) is 9.69 Å². The Morgan fingerprint density at radius 2 is 1.74 bits per heavy atom. The standard InChI is InChI=1S/C25H30N4OS/c30-25(13-12-24-26-22-10-4-5-11-23(22)31-24)29-14-6-9-21(19-29)28-17-15-27(16-18-28)20-7-2-1-3-8-20/h1-5,7-8,10-11,21H,6,9,12-19H2/t21-/m1/s1. The molecule has 0 N–H and O–H groups in total. The second kappa shape index (κ2) is 9.37. The van der Waals surface area contributed by atoms with E-state index in [1.54, 1.807) is 11.3 Å². The van der Waals surface area contributed by atoms with Gasteiger partial charge in [-0.05, 0) is 37.1 Å². The average molecular weight is 435 g/mol. The van der Waals surface area contributed by atoms with Gasteiger partial charge in [-0.15, -0.1) is 11.3 Å². The first-order chi connectivity index (χ1) is 15.3. The first-order valence-corrected chi connectivity index (χ1v) is 12.2. The van der Waals surface area contributed by atoms with Gasteiger partial charge in [-0.25, -0.2) is 4.98 Å². The lowest BCUT2D eigenvalue weighted by molar-refractivity contribution is -0.133. The predicted octanol–water partition coefficient (Wildman–Crippen LogP) is 4.04. The summed E-state index contributed by atoms with van der Waals surface area (Å²) in [6.07, 6.45) is 3.62. The first-order valence-electron chi connectivity index (χ1n) is 11.4. The van der Waals surface area contributed by atoms with E-state index in [0.29, 0.717) is 12.5 Å². The van der Waals surface area contributed by atoms with E-state index in [1.807, 2.05) is 18.2 Å². The summed E-state index contributed by atoms with van der Waals surface area (Å²) in [5.74, 6) is 0.284. The second-order valence-electron chi connectivity index (χ2n) is 8.57. The summed E-state index contributed by atoms with van der Waals surface area (Å²) in [7, 11) is 0. The third-order valence-electron chi connectivity index (χ3n) is 6.59. The molecule has 2 aliphatic rings. The van der Waals surface area contributed by atoms with Crippen LogP contribution in [0, 0.1) is 0 Å². The molecule has 2 fully saturated rings. The van der Waals surface area contributed by atoms with Crippen molar-refractivity contribution in [2.24, 2.45) is 0 Å². The van der Waals surface area contributed by atoms with Crippen LogP contribution in [0.15, 0.2) is 54.6 Å². The van der Waals surface area contributed by atoms with E-state index in [4.69, 9.17) is 0 Å². The van der Waals surface area contributed by atoms with Gasteiger partial charge < -0.3 is 9.80 Å². The number of carbonyl (C=O) groups is 1. The van der Waals surface area contributed by atoms with Gasteiger partial charge in [0.15, 0.2) is 0 Å². The van der Waals surface area contributed by atoms with E-state index in [0.717, 1.165) is 62.6 Å². The highest BCUT2D eigenvalue weighted by molar-refractivity contribution is 7.18. The molecular formula is C25H30N4OS. The molecule has 2 aromatic carbocycles. The molecule has 1 atom stereocenters. The Bertz CT molecular complexity index is 980. The van der Waals surface area contributed by atoms with Crippen LogP contribution in [-0.2, 0) is 11.2 Å². The van der Waals surface area contributed by atoms with Crippen LogP contribution < -0.4 is 4.90 Å². The Hall–Kier alpha value is -2.44. The molecule has 0 unspecified atom stereocenters. The molecule has 162 valence electrons. The second-order valence-corrected chi connectivity index (χ2v) is 9.68. The van der Waals surface area contributed by atoms with Crippen molar-refractivity contribution < 1.29 is 4.79 Å². The fourth-order valence-corrected chi connectivity index (χ4v) is 5.83. The summed E-state index contributed by atoms with van der Waals surface area (Å²) < 4.78 is 1.21. The summed E-state index contributed by atoms with van der Waals surface area (Å²) in [6, 6.07) is 19.4. The molecule has 31 heavy (non-hydrogen) atoms. The molecule has 1 amide bonds. The fraction of sp³-hybridized carbons (Fsp3) is 0.440. The number of fused-ring (bicyclic) bond motifs is 1. The van der Waals surface area contributed by atoms with Gasteiger partial charge in [0.05, 0.1) is 15.2 Å². The molecule has 3 aromatic rings. The smallest absolute Gasteiger partial charge is 0.223 e. The van der Waals surface area contributed by atoms with Gasteiger partial charge in [0.2, 0.25) is 5.91 Å². The van der Waals surface area contributed by atoms with Crippen molar-refractivity contribution in [2.75, 3.05) is 44.2 Å². The summed E-state index contributed by atoms with van der Waals surface area (Å²) in [6.45, 7) is 6.06. The summed E-state index contributed by atoms with van der Waals surface area (Å²) in [5.41, 5.74) is 2.36. The topological polar surface area (TPSA) is 39.7 Å². The monoisotopic (exact) mass is 434 g/mol. The lowest BCUT2D eigenvalue weighted by atomic mass is 10.0. The van der Waals surface area contributed by atoms with Crippen molar-refractivity contribution >= 4 is 33.1 Å². The Kier molecular flexibility index (Phi) is 6.18. The molecule has 0 aliphatic carbocycles. The van der Waals surface area contributed by atoms with Crippen LogP contribution in [-0.4, -0.2) is 66.0 Å². The van der Waals surface area contributed by atoms with Gasteiger partial charge in [0.25, 0.3) is 0 Å². The normalized spacial score (nSPS) is 20.3. The number of piperazine rings is 1. The van der Waals surface area contributed by atoms with Gasteiger partial charge >= 0.3 is 0 Å². The zero-order chi connectivity index (χ0) is 21.0. The van der Waals surface area contributed by atoms with Gasteiger partial charge in [-0.1, -0.05) is 30.3 Å². The van der Waals surface area contributed by atoms with Crippen molar-refractivity contribution in [3.63, 3.8) is 0 Å². The van der Waals surface area contributed by atoms with Crippen LogP contribution in [0.3, 0.4) is 0 Å². The SMILES string of the molecule is O=C(CCc1nc2ccccc2s1)N1CCC[C@@H](N2CCN(c3ccccc3)CC2)C1. The molecule has 3 heterocycles. The summed E-state index contributed by atoms with van der Waals surface area (Å²) in [5, 5.41) is 1.07. The summed E-state index contributed by atoms with van der Waals surface area (Å²) in [4.78, 5) is 24.8. The minimum absolute atomic E-state index is 0.284. The highest BCUT2D eigenvalue weighted by atomic mass is 32.1. The molecule has 2 saturated heterocycles. The maximum Gasteiger partial charge on any atom is 0.223 e. The number of aryl methyl sites for hydroxylation is 1. The van der Waals surface area contributed by atoms with E-state index >= 15 is 0 Å². The van der Waals surface area contributed by atoms with Crippen LogP contribution in [0.5, 0.6) is 0 Å². The highest BCUT2D eigenvalue weighted by Crippen LogP contribution is 2.24. The largest absolute Gasteiger partial charge is 0.369 e. The zero-order valence-electron chi connectivity index (χ0n) is 17.9. The maximum atomic E-state index is 12.9. The van der Waals surface area contributed by atoms with Crippen LogP contribution in [0.1, 0.15) is 24.3 Å². The zero-order valence-corrected chi connectivity index (χ0v) is 18.8. The number of nitrogens with zero attached hydrogens (tertiary/aromatic N) is 4. The molecule has 0 spiro atoms. The average Bonchev–Trinajstić information content (AvgIpc) is 3.26. The molecule has 0 saturated carbocycles. The number of para-hydroxylation sites is 2. The number of hydrogen-bond acceptors (Lipinski definition) is 5. The molecule has 5 nitrogen and oxygen atoms in total. The van der Waals surface area contributed by atoms with Crippen molar-refractivity contribution in [1.82, 2.24) is 14.8 Å². The Labute approximate surface area is 188 Å². The quantitative estimate of drug-likeness (QED) is 0.608. The number of aromatic nitrogens is 1. The number of thiazole rings is 1.